The van der Waals surface area contributed by atoms with Gasteiger partial charge in [-0.05, 0) is 13.5 Å². The molecule has 2 aromatic heterocycles. The zero-order chi connectivity index (χ0) is 16.2. The van der Waals surface area contributed by atoms with E-state index < -0.39 is 5.92 Å². The number of aryl methyl sites for hydroxylation is 1. The molecular formula is C16H20N6S. The smallest absolute Gasteiger partial charge is 0.140 e. The summed E-state index contributed by atoms with van der Waals surface area (Å²) in [6.45, 7) is 9.21. The maximum Gasteiger partial charge on any atom is 0.140 e. The van der Waals surface area contributed by atoms with Crippen LogP contribution in [0.1, 0.15) is 29.2 Å². The average molecular weight is 328 g/mol. The summed E-state index contributed by atoms with van der Waals surface area (Å²) in [7, 11) is 0. The quantitative estimate of drug-likeness (QED) is 0.855. The molecule has 1 fully saturated rings. The predicted octanol–water partition coefficient (Wildman–Crippen LogP) is 2.04. The lowest BCUT2D eigenvalue weighted by atomic mass is 10.1. The number of hydrogen-bond acceptors (Lipinski definition) is 7. The second-order valence-electron chi connectivity index (χ2n) is 5.61. The predicted molar refractivity (Wildman–Crippen MR) is 90.7 cm³/mol. The van der Waals surface area contributed by atoms with Gasteiger partial charge < -0.3 is 9.80 Å². The van der Waals surface area contributed by atoms with Crippen LogP contribution in [0.3, 0.4) is 0 Å². The first-order chi connectivity index (χ1) is 11.2. The highest BCUT2D eigenvalue weighted by Crippen LogP contribution is 2.27. The molecule has 1 saturated heterocycles. The van der Waals surface area contributed by atoms with Crippen molar-refractivity contribution in [3.8, 4) is 6.07 Å². The fraction of sp³-hybridized carbons (Fsp3) is 0.500. The number of rotatable bonds is 4. The summed E-state index contributed by atoms with van der Waals surface area (Å²) in [5.74, 6) is 0.478. The lowest BCUT2D eigenvalue weighted by molar-refractivity contribution is 0.270. The molecule has 0 saturated carbocycles. The molecule has 1 unspecified atom stereocenters. The van der Waals surface area contributed by atoms with Crippen LogP contribution >= 0.6 is 11.3 Å². The average Bonchev–Trinajstić information content (AvgIpc) is 3.02. The van der Waals surface area contributed by atoms with Gasteiger partial charge in [0.15, 0.2) is 0 Å². The molecule has 1 aliphatic heterocycles. The van der Waals surface area contributed by atoms with Gasteiger partial charge in [-0.3, -0.25) is 0 Å². The van der Waals surface area contributed by atoms with E-state index in [0.29, 0.717) is 0 Å². The topological polar surface area (TPSA) is 68.9 Å². The van der Waals surface area contributed by atoms with Crippen LogP contribution in [-0.4, -0.2) is 52.6 Å². The fourth-order valence-corrected chi connectivity index (χ4v) is 3.59. The van der Waals surface area contributed by atoms with E-state index >= 15 is 0 Å². The zero-order valence-electron chi connectivity index (χ0n) is 13.4. The van der Waals surface area contributed by atoms with E-state index in [1.165, 1.54) is 11.3 Å². The number of aromatic nitrogens is 3. The number of piperazine rings is 1. The number of hydrogen-bond donors (Lipinski definition) is 0. The molecule has 0 aliphatic carbocycles. The standard InChI is InChI=1S/C16H20N6S/c1-3-21-4-6-22(7-5-21)15-8-14(18-11-19-15)13(9-17)16-20-12(2)10-23-16/h8,10-11,13H,3-7H2,1-2H3. The number of thiazole rings is 1. The van der Waals surface area contributed by atoms with Crippen molar-refractivity contribution < 1.29 is 0 Å². The highest BCUT2D eigenvalue weighted by Gasteiger charge is 2.22. The Labute approximate surface area is 140 Å². The lowest BCUT2D eigenvalue weighted by Gasteiger charge is -2.34. The van der Waals surface area contributed by atoms with E-state index in [0.717, 1.165) is 54.9 Å². The Morgan fingerprint density at radius 2 is 2.09 bits per heavy atom. The van der Waals surface area contributed by atoms with Gasteiger partial charge in [0.2, 0.25) is 0 Å². The van der Waals surface area contributed by atoms with E-state index in [4.69, 9.17) is 0 Å². The summed E-state index contributed by atoms with van der Waals surface area (Å²) in [6, 6.07) is 4.26. The van der Waals surface area contributed by atoms with Gasteiger partial charge in [0, 0.05) is 43.3 Å². The van der Waals surface area contributed by atoms with Gasteiger partial charge in [0.1, 0.15) is 23.1 Å². The van der Waals surface area contributed by atoms with E-state index in [9.17, 15) is 5.26 Å². The van der Waals surface area contributed by atoms with Crippen LogP contribution < -0.4 is 4.90 Å². The molecule has 7 heteroatoms. The number of nitrogens with zero attached hydrogens (tertiary/aromatic N) is 6. The van der Waals surface area contributed by atoms with Crippen LogP contribution in [0, 0.1) is 18.3 Å². The van der Waals surface area contributed by atoms with Gasteiger partial charge in [-0.25, -0.2) is 15.0 Å². The van der Waals surface area contributed by atoms with E-state index in [1.807, 2.05) is 18.4 Å². The van der Waals surface area contributed by atoms with Crippen LogP contribution in [-0.2, 0) is 0 Å². The molecule has 120 valence electrons. The maximum atomic E-state index is 9.55. The van der Waals surface area contributed by atoms with Gasteiger partial charge in [-0.15, -0.1) is 11.3 Å². The fourth-order valence-electron chi connectivity index (χ4n) is 2.74. The SMILES string of the molecule is CCN1CCN(c2cc(C(C#N)c3nc(C)cs3)ncn2)CC1. The Morgan fingerprint density at radius 3 is 2.70 bits per heavy atom. The van der Waals surface area contributed by atoms with Gasteiger partial charge in [-0.2, -0.15) is 5.26 Å². The Balaban J connectivity index is 1.81. The molecule has 0 aromatic carbocycles. The summed E-state index contributed by atoms with van der Waals surface area (Å²) in [4.78, 5) is 17.8. The first kappa shape index (κ1) is 15.8. The van der Waals surface area contributed by atoms with Crippen LogP contribution in [0.4, 0.5) is 5.82 Å². The lowest BCUT2D eigenvalue weighted by Crippen LogP contribution is -2.46. The van der Waals surface area contributed by atoms with Crippen molar-refractivity contribution in [2.75, 3.05) is 37.6 Å². The highest BCUT2D eigenvalue weighted by molar-refractivity contribution is 7.09. The van der Waals surface area contributed by atoms with Gasteiger partial charge in [0.05, 0.1) is 11.8 Å². The minimum atomic E-state index is -0.424. The first-order valence-corrected chi connectivity index (χ1v) is 8.70. The molecule has 3 rings (SSSR count). The summed E-state index contributed by atoms with van der Waals surface area (Å²) in [5, 5.41) is 12.3. The first-order valence-electron chi connectivity index (χ1n) is 7.82. The second kappa shape index (κ2) is 7.02. The molecule has 0 radical (unpaired) electrons. The Bertz CT molecular complexity index is 699. The zero-order valence-corrected chi connectivity index (χ0v) is 14.3. The van der Waals surface area contributed by atoms with E-state index in [1.54, 1.807) is 6.33 Å². The Morgan fingerprint density at radius 1 is 1.30 bits per heavy atom. The Hall–Kier alpha value is -2.04. The molecule has 6 nitrogen and oxygen atoms in total. The van der Waals surface area contributed by atoms with Gasteiger partial charge in [0.25, 0.3) is 0 Å². The minimum Gasteiger partial charge on any atom is -0.354 e. The van der Waals surface area contributed by atoms with Crippen molar-refractivity contribution in [2.45, 2.75) is 19.8 Å². The van der Waals surface area contributed by atoms with E-state index in [2.05, 4.69) is 37.7 Å². The molecule has 0 amide bonds. The number of likely N-dealkylation sites (N-methyl/N-ethyl adjacent to an activating group) is 1. The third-order valence-electron chi connectivity index (χ3n) is 4.13. The molecule has 0 N–H and O–H groups in total. The molecule has 3 heterocycles. The van der Waals surface area contributed by atoms with Crippen molar-refractivity contribution in [3.05, 3.63) is 34.2 Å². The van der Waals surface area contributed by atoms with Gasteiger partial charge in [-0.1, -0.05) is 6.92 Å². The largest absolute Gasteiger partial charge is 0.354 e. The molecule has 23 heavy (non-hydrogen) atoms. The van der Waals surface area contributed by atoms with Crippen LogP contribution in [0.2, 0.25) is 0 Å². The maximum absolute atomic E-state index is 9.55. The normalized spacial score (nSPS) is 17.0. The third kappa shape index (κ3) is 3.49. The number of anilines is 1. The summed E-state index contributed by atoms with van der Waals surface area (Å²) in [6.07, 6.45) is 1.56. The second-order valence-corrected chi connectivity index (χ2v) is 6.50. The molecular weight excluding hydrogens is 308 g/mol. The summed E-state index contributed by atoms with van der Waals surface area (Å²) >= 11 is 1.51. The monoisotopic (exact) mass is 328 g/mol. The van der Waals surface area contributed by atoms with E-state index in [-0.39, 0.29) is 0 Å². The van der Waals surface area contributed by atoms with Crippen LogP contribution in [0.25, 0.3) is 0 Å². The van der Waals surface area contributed by atoms with Crippen LogP contribution in [0.5, 0.6) is 0 Å². The third-order valence-corrected chi connectivity index (χ3v) is 5.15. The molecule has 2 aromatic rings. The van der Waals surface area contributed by atoms with Crippen molar-refractivity contribution in [3.63, 3.8) is 0 Å². The minimum absolute atomic E-state index is 0.424. The summed E-state index contributed by atoms with van der Waals surface area (Å²) in [5.41, 5.74) is 1.67. The highest BCUT2D eigenvalue weighted by atomic mass is 32.1. The van der Waals surface area contributed by atoms with Crippen molar-refractivity contribution in [1.82, 2.24) is 19.9 Å². The van der Waals surface area contributed by atoms with Crippen molar-refractivity contribution in [2.24, 2.45) is 0 Å². The van der Waals surface area contributed by atoms with Crippen molar-refractivity contribution in [1.29, 1.82) is 5.26 Å². The molecule has 1 atom stereocenters. The molecule has 0 bridgehead atoms. The van der Waals surface area contributed by atoms with Crippen LogP contribution in [0.15, 0.2) is 17.8 Å². The summed E-state index contributed by atoms with van der Waals surface area (Å²) < 4.78 is 0. The van der Waals surface area contributed by atoms with Gasteiger partial charge >= 0.3 is 0 Å². The van der Waals surface area contributed by atoms with Crippen molar-refractivity contribution >= 4 is 17.2 Å². The Kier molecular flexibility index (Phi) is 4.84. The molecule has 0 spiro atoms. The number of nitriles is 1. The molecule has 1 aliphatic rings.